The molecule has 1 aromatic rings. The summed E-state index contributed by atoms with van der Waals surface area (Å²) in [5.74, 6) is -0.311. The Morgan fingerprint density at radius 2 is 1.95 bits per heavy atom. The zero-order valence-electron chi connectivity index (χ0n) is 11.5. The van der Waals surface area contributed by atoms with Crippen LogP contribution in [0.2, 0.25) is 0 Å². The number of hydrogen-bond donors (Lipinski definition) is 2. The van der Waals surface area contributed by atoms with Crippen molar-refractivity contribution in [2.75, 3.05) is 11.9 Å². The third-order valence-electron chi connectivity index (χ3n) is 2.64. The van der Waals surface area contributed by atoms with Crippen molar-refractivity contribution in [2.24, 2.45) is 0 Å². The van der Waals surface area contributed by atoms with E-state index in [2.05, 4.69) is 24.5 Å². The summed E-state index contributed by atoms with van der Waals surface area (Å²) in [6.07, 6.45) is 1.00. The summed E-state index contributed by atoms with van der Waals surface area (Å²) in [6, 6.07) is 7.37. The van der Waals surface area contributed by atoms with Crippen LogP contribution in [0.15, 0.2) is 24.3 Å². The highest BCUT2D eigenvalue weighted by Gasteiger charge is 2.06. The van der Waals surface area contributed by atoms with Crippen LogP contribution in [0.1, 0.15) is 37.6 Å². The van der Waals surface area contributed by atoms with Gasteiger partial charge in [-0.2, -0.15) is 0 Å². The van der Waals surface area contributed by atoms with Gasteiger partial charge >= 0.3 is 5.97 Å². The maximum absolute atomic E-state index is 11.5. The molecule has 0 bridgehead atoms. The van der Waals surface area contributed by atoms with Crippen LogP contribution < -0.4 is 10.6 Å². The van der Waals surface area contributed by atoms with Gasteiger partial charge in [0.1, 0.15) is 0 Å². The Morgan fingerprint density at radius 3 is 2.47 bits per heavy atom. The van der Waals surface area contributed by atoms with Crippen molar-refractivity contribution in [3.8, 4) is 0 Å². The van der Waals surface area contributed by atoms with Crippen molar-refractivity contribution in [1.29, 1.82) is 0 Å². The summed E-state index contributed by atoms with van der Waals surface area (Å²) in [5, 5.41) is 6.82. The molecule has 5 heteroatoms. The topological polar surface area (TPSA) is 50.4 Å². The van der Waals surface area contributed by atoms with Crippen LogP contribution in [0, 0.1) is 0 Å². The summed E-state index contributed by atoms with van der Waals surface area (Å²) in [6.45, 7) is 6.32. The molecule has 0 unspecified atom stereocenters. The second-order valence-corrected chi connectivity index (χ2v) is 4.61. The van der Waals surface area contributed by atoms with E-state index in [0.717, 1.165) is 12.1 Å². The van der Waals surface area contributed by atoms with Gasteiger partial charge in [0.05, 0.1) is 12.2 Å². The van der Waals surface area contributed by atoms with Gasteiger partial charge in [-0.3, -0.25) is 0 Å². The number of rotatable bonds is 5. The molecule has 0 aliphatic carbocycles. The molecule has 0 fully saturated rings. The molecule has 0 aliphatic heterocycles. The first-order valence-electron chi connectivity index (χ1n) is 6.41. The molecule has 1 atom stereocenters. The Labute approximate surface area is 119 Å². The zero-order valence-corrected chi connectivity index (χ0v) is 12.3. The summed E-state index contributed by atoms with van der Waals surface area (Å²) in [5.41, 5.74) is 1.38. The van der Waals surface area contributed by atoms with Crippen LogP contribution in [-0.4, -0.2) is 23.7 Å². The van der Waals surface area contributed by atoms with Crippen molar-refractivity contribution in [3.05, 3.63) is 29.8 Å². The van der Waals surface area contributed by atoms with Crippen molar-refractivity contribution in [1.82, 2.24) is 5.32 Å². The lowest BCUT2D eigenvalue weighted by molar-refractivity contribution is 0.0526. The Bertz CT molecular complexity index is 432. The predicted octanol–water partition coefficient (Wildman–Crippen LogP) is 2.95. The van der Waals surface area contributed by atoms with Crippen LogP contribution >= 0.6 is 12.2 Å². The molecule has 1 aromatic carbocycles. The smallest absolute Gasteiger partial charge is 0.338 e. The quantitative estimate of drug-likeness (QED) is 0.641. The number of benzene rings is 1. The second-order valence-electron chi connectivity index (χ2n) is 4.21. The van der Waals surface area contributed by atoms with Crippen LogP contribution in [0.4, 0.5) is 5.69 Å². The lowest BCUT2D eigenvalue weighted by atomic mass is 10.2. The molecule has 0 aliphatic rings. The van der Waals surface area contributed by atoms with Gasteiger partial charge in [0.15, 0.2) is 5.11 Å². The fourth-order valence-electron chi connectivity index (χ4n) is 1.40. The minimum absolute atomic E-state index is 0.311. The zero-order chi connectivity index (χ0) is 14.3. The molecule has 0 heterocycles. The third kappa shape index (κ3) is 5.26. The highest BCUT2D eigenvalue weighted by Crippen LogP contribution is 2.10. The fraction of sp³-hybridized carbons (Fsp3) is 0.429. The minimum Gasteiger partial charge on any atom is -0.462 e. The highest BCUT2D eigenvalue weighted by atomic mass is 32.1. The van der Waals surface area contributed by atoms with Crippen LogP contribution in [0.5, 0.6) is 0 Å². The van der Waals surface area contributed by atoms with Gasteiger partial charge in [0, 0.05) is 11.7 Å². The summed E-state index contributed by atoms with van der Waals surface area (Å²) < 4.78 is 4.92. The molecule has 104 valence electrons. The van der Waals surface area contributed by atoms with Crippen LogP contribution in [0.3, 0.4) is 0 Å². The summed E-state index contributed by atoms with van der Waals surface area (Å²) >= 11 is 5.19. The number of hydrogen-bond acceptors (Lipinski definition) is 3. The van der Waals surface area contributed by atoms with Gasteiger partial charge in [0.2, 0.25) is 0 Å². The summed E-state index contributed by atoms with van der Waals surface area (Å²) in [4.78, 5) is 11.5. The molecule has 1 rings (SSSR count). The Kier molecular flexibility index (Phi) is 6.29. The van der Waals surface area contributed by atoms with Crippen molar-refractivity contribution in [2.45, 2.75) is 33.2 Å². The standard InChI is InChI=1S/C14H20N2O2S/c1-4-10(3)15-14(19)16-12-8-6-11(7-9-12)13(17)18-5-2/h6-10H,4-5H2,1-3H3,(H2,15,16,19)/t10-/m0/s1. The number of anilines is 1. The normalized spacial score (nSPS) is 11.5. The first kappa shape index (κ1) is 15.4. The van der Waals surface area contributed by atoms with Gasteiger partial charge < -0.3 is 15.4 Å². The molecule has 0 saturated heterocycles. The number of ether oxygens (including phenoxy) is 1. The first-order valence-corrected chi connectivity index (χ1v) is 6.82. The van der Waals surface area contributed by atoms with Crippen molar-refractivity contribution in [3.63, 3.8) is 0 Å². The largest absolute Gasteiger partial charge is 0.462 e. The summed E-state index contributed by atoms with van der Waals surface area (Å²) in [7, 11) is 0. The van der Waals surface area contributed by atoms with E-state index in [1.807, 2.05) is 0 Å². The van der Waals surface area contributed by atoms with Crippen molar-refractivity contribution < 1.29 is 9.53 Å². The molecular weight excluding hydrogens is 260 g/mol. The lowest BCUT2D eigenvalue weighted by Gasteiger charge is -2.15. The lowest BCUT2D eigenvalue weighted by Crippen LogP contribution is -2.35. The number of nitrogens with one attached hydrogen (secondary N) is 2. The number of thiocarbonyl (C=S) groups is 1. The molecule has 0 aromatic heterocycles. The molecule has 2 N–H and O–H groups in total. The van der Waals surface area contributed by atoms with E-state index in [-0.39, 0.29) is 5.97 Å². The SMILES string of the molecule is CCOC(=O)c1ccc(NC(=S)N[C@@H](C)CC)cc1. The van der Waals surface area contributed by atoms with E-state index < -0.39 is 0 Å². The molecule has 0 radical (unpaired) electrons. The van der Waals surface area contributed by atoms with Gasteiger partial charge in [-0.1, -0.05) is 6.92 Å². The number of esters is 1. The molecule has 0 amide bonds. The first-order chi connectivity index (χ1) is 9.06. The number of carbonyl (C=O) groups excluding carboxylic acids is 1. The Hall–Kier alpha value is -1.62. The van der Waals surface area contributed by atoms with Gasteiger partial charge in [-0.05, 0) is 56.8 Å². The number of carbonyl (C=O) groups is 1. The predicted molar refractivity (Wildman–Crippen MR) is 81.5 cm³/mol. The molecule has 4 nitrogen and oxygen atoms in total. The van der Waals surface area contributed by atoms with Crippen LogP contribution in [-0.2, 0) is 4.74 Å². The van der Waals surface area contributed by atoms with E-state index in [9.17, 15) is 4.79 Å². The van der Waals surface area contributed by atoms with Gasteiger partial charge in [0.25, 0.3) is 0 Å². The van der Waals surface area contributed by atoms with E-state index in [1.54, 1.807) is 31.2 Å². The van der Waals surface area contributed by atoms with E-state index in [0.29, 0.717) is 23.3 Å². The van der Waals surface area contributed by atoms with Gasteiger partial charge in [-0.25, -0.2) is 4.79 Å². The second kappa shape index (κ2) is 7.74. The maximum atomic E-state index is 11.5. The highest BCUT2D eigenvalue weighted by molar-refractivity contribution is 7.80. The minimum atomic E-state index is -0.311. The van der Waals surface area contributed by atoms with Gasteiger partial charge in [-0.15, -0.1) is 0 Å². The average Bonchev–Trinajstić information content (AvgIpc) is 2.39. The Morgan fingerprint density at radius 1 is 1.32 bits per heavy atom. The van der Waals surface area contributed by atoms with E-state index >= 15 is 0 Å². The third-order valence-corrected chi connectivity index (χ3v) is 2.86. The monoisotopic (exact) mass is 280 g/mol. The van der Waals surface area contributed by atoms with Crippen molar-refractivity contribution >= 4 is 29.0 Å². The molecular formula is C14H20N2O2S. The average molecular weight is 280 g/mol. The van der Waals surface area contributed by atoms with E-state index in [4.69, 9.17) is 17.0 Å². The fourth-order valence-corrected chi connectivity index (χ4v) is 1.72. The van der Waals surface area contributed by atoms with E-state index in [1.165, 1.54) is 0 Å². The molecule has 0 saturated carbocycles. The Balaban J connectivity index is 2.57. The van der Waals surface area contributed by atoms with Crippen LogP contribution in [0.25, 0.3) is 0 Å². The maximum Gasteiger partial charge on any atom is 0.338 e. The molecule has 0 spiro atoms. The molecule has 19 heavy (non-hydrogen) atoms.